The van der Waals surface area contributed by atoms with Gasteiger partial charge in [-0.25, -0.2) is 0 Å². The molecule has 0 aliphatic carbocycles. The molecule has 1 unspecified atom stereocenters. The first kappa shape index (κ1) is 14.1. The molecule has 1 aromatic carbocycles. The minimum Gasteiger partial charge on any atom is -0.487 e. The standard InChI is InChI=1S/C14H17BrN2O2/c1-9(16)5-11-7-13(3-4-14(11)15)18-8-12-6-10(2)19-17-12/h3-4,6-7,9H,5,8,16H2,1-2H3. The molecule has 0 radical (unpaired) electrons. The maximum atomic E-state index is 5.83. The molecule has 2 N–H and O–H groups in total. The van der Waals surface area contributed by atoms with Crippen molar-refractivity contribution < 1.29 is 9.26 Å². The van der Waals surface area contributed by atoms with Gasteiger partial charge in [0.25, 0.3) is 0 Å². The van der Waals surface area contributed by atoms with Crippen LogP contribution in [0.15, 0.2) is 33.3 Å². The number of nitrogens with zero attached hydrogens (tertiary/aromatic N) is 1. The quantitative estimate of drug-likeness (QED) is 0.917. The Balaban J connectivity index is 2.04. The summed E-state index contributed by atoms with van der Waals surface area (Å²) in [7, 11) is 0. The summed E-state index contributed by atoms with van der Waals surface area (Å²) in [6.07, 6.45) is 0.806. The van der Waals surface area contributed by atoms with Crippen molar-refractivity contribution in [3.63, 3.8) is 0 Å². The topological polar surface area (TPSA) is 61.3 Å². The third-order valence-electron chi connectivity index (χ3n) is 2.62. The van der Waals surface area contributed by atoms with E-state index in [1.807, 2.05) is 38.1 Å². The van der Waals surface area contributed by atoms with E-state index in [-0.39, 0.29) is 6.04 Å². The van der Waals surface area contributed by atoms with Gasteiger partial charge in [0.2, 0.25) is 0 Å². The third-order valence-corrected chi connectivity index (χ3v) is 3.40. The zero-order chi connectivity index (χ0) is 13.8. The summed E-state index contributed by atoms with van der Waals surface area (Å²) in [4.78, 5) is 0. The van der Waals surface area contributed by atoms with Crippen LogP contribution in [0.4, 0.5) is 0 Å². The fourth-order valence-corrected chi connectivity index (χ4v) is 2.20. The van der Waals surface area contributed by atoms with E-state index in [2.05, 4.69) is 21.1 Å². The van der Waals surface area contributed by atoms with Crippen LogP contribution in [0.3, 0.4) is 0 Å². The van der Waals surface area contributed by atoms with Crippen molar-refractivity contribution in [2.24, 2.45) is 5.73 Å². The van der Waals surface area contributed by atoms with Crippen LogP contribution >= 0.6 is 15.9 Å². The highest BCUT2D eigenvalue weighted by atomic mass is 79.9. The molecule has 0 fully saturated rings. The molecule has 5 heteroatoms. The zero-order valence-corrected chi connectivity index (χ0v) is 12.6. The fourth-order valence-electron chi connectivity index (χ4n) is 1.79. The van der Waals surface area contributed by atoms with Gasteiger partial charge in [-0.3, -0.25) is 0 Å². The largest absolute Gasteiger partial charge is 0.487 e. The normalized spacial score (nSPS) is 12.4. The van der Waals surface area contributed by atoms with Crippen molar-refractivity contribution in [2.45, 2.75) is 32.9 Å². The summed E-state index contributed by atoms with van der Waals surface area (Å²) < 4.78 is 11.7. The lowest BCUT2D eigenvalue weighted by Crippen LogP contribution is -2.18. The summed E-state index contributed by atoms with van der Waals surface area (Å²) in [6, 6.07) is 7.87. The predicted octanol–water partition coefficient (Wildman–Crippen LogP) is 3.21. The van der Waals surface area contributed by atoms with Crippen molar-refractivity contribution in [1.29, 1.82) is 0 Å². The van der Waals surface area contributed by atoms with E-state index < -0.39 is 0 Å². The highest BCUT2D eigenvalue weighted by Gasteiger charge is 2.06. The lowest BCUT2D eigenvalue weighted by atomic mass is 10.1. The summed E-state index contributed by atoms with van der Waals surface area (Å²) >= 11 is 3.52. The molecule has 0 saturated carbocycles. The van der Waals surface area contributed by atoms with E-state index in [9.17, 15) is 0 Å². The molecule has 2 aromatic rings. The Bertz CT molecular complexity index is 552. The smallest absolute Gasteiger partial charge is 0.134 e. The molecule has 0 saturated heterocycles. The molecule has 0 aliphatic heterocycles. The lowest BCUT2D eigenvalue weighted by molar-refractivity contribution is 0.287. The molecule has 1 heterocycles. The first-order chi connectivity index (χ1) is 9.04. The van der Waals surface area contributed by atoms with E-state index in [0.29, 0.717) is 6.61 Å². The molecular formula is C14H17BrN2O2. The molecule has 0 spiro atoms. The second-order valence-electron chi connectivity index (χ2n) is 4.65. The number of aryl methyl sites for hydroxylation is 1. The average molecular weight is 325 g/mol. The van der Waals surface area contributed by atoms with E-state index in [1.54, 1.807) is 0 Å². The predicted molar refractivity (Wildman–Crippen MR) is 77.1 cm³/mol. The summed E-state index contributed by atoms with van der Waals surface area (Å²) in [5.41, 5.74) is 7.76. The van der Waals surface area contributed by atoms with Crippen LogP contribution in [-0.2, 0) is 13.0 Å². The number of hydrogen-bond acceptors (Lipinski definition) is 4. The van der Waals surface area contributed by atoms with Crippen LogP contribution in [0, 0.1) is 6.92 Å². The molecule has 1 atom stereocenters. The van der Waals surface area contributed by atoms with E-state index in [0.717, 1.165) is 33.7 Å². The summed E-state index contributed by atoms with van der Waals surface area (Å²) in [5, 5.41) is 3.89. The van der Waals surface area contributed by atoms with Gasteiger partial charge in [0, 0.05) is 16.6 Å². The van der Waals surface area contributed by atoms with Crippen molar-refractivity contribution in [2.75, 3.05) is 0 Å². The van der Waals surface area contributed by atoms with Gasteiger partial charge < -0.3 is 15.0 Å². The monoisotopic (exact) mass is 324 g/mol. The average Bonchev–Trinajstić information content (AvgIpc) is 2.75. The van der Waals surface area contributed by atoms with Gasteiger partial charge in [-0.2, -0.15) is 0 Å². The Morgan fingerprint density at radius 3 is 2.84 bits per heavy atom. The van der Waals surface area contributed by atoms with Gasteiger partial charge in [0.05, 0.1) is 0 Å². The molecule has 0 bridgehead atoms. The Kier molecular flexibility index (Phi) is 4.61. The first-order valence-electron chi connectivity index (χ1n) is 6.13. The van der Waals surface area contributed by atoms with Crippen molar-refractivity contribution in [3.05, 3.63) is 45.8 Å². The Hall–Kier alpha value is -1.33. The molecule has 1 aromatic heterocycles. The first-order valence-corrected chi connectivity index (χ1v) is 6.93. The Morgan fingerprint density at radius 2 is 2.21 bits per heavy atom. The van der Waals surface area contributed by atoms with E-state index >= 15 is 0 Å². The van der Waals surface area contributed by atoms with Gasteiger partial charge >= 0.3 is 0 Å². The fraction of sp³-hybridized carbons (Fsp3) is 0.357. The van der Waals surface area contributed by atoms with Gasteiger partial charge in [0.15, 0.2) is 0 Å². The van der Waals surface area contributed by atoms with Crippen molar-refractivity contribution in [1.82, 2.24) is 5.16 Å². The number of aromatic nitrogens is 1. The van der Waals surface area contributed by atoms with Crippen LogP contribution in [0.25, 0.3) is 0 Å². The third kappa shape index (κ3) is 4.08. The number of halogens is 1. The van der Waals surface area contributed by atoms with Crippen molar-refractivity contribution in [3.8, 4) is 5.75 Å². The van der Waals surface area contributed by atoms with E-state index in [4.69, 9.17) is 15.0 Å². The zero-order valence-electron chi connectivity index (χ0n) is 11.0. The number of hydrogen-bond donors (Lipinski definition) is 1. The number of ether oxygens (including phenoxy) is 1. The molecule has 0 amide bonds. The number of benzene rings is 1. The molecule has 0 aliphatic rings. The molecule has 102 valence electrons. The second-order valence-corrected chi connectivity index (χ2v) is 5.51. The van der Waals surface area contributed by atoms with Crippen LogP contribution in [-0.4, -0.2) is 11.2 Å². The van der Waals surface area contributed by atoms with E-state index in [1.165, 1.54) is 0 Å². The van der Waals surface area contributed by atoms with Gasteiger partial charge in [-0.15, -0.1) is 0 Å². The maximum Gasteiger partial charge on any atom is 0.134 e. The molecular weight excluding hydrogens is 308 g/mol. The minimum absolute atomic E-state index is 0.116. The lowest BCUT2D eigenvalue weighted by Gasteiger charge is -2.10. The second kappa shape index (κ2) is 6.21. The van der Waals surface area contributed by atoms with Crippen LogP contribution < -0.4 is 10.5 Å². The number of rotatable bonds is 5. The van der Waals surface area contributed by atoms with Crippen LogP contribution in [0.1, 0.15) is 23.9 Å². The molecule has 4 nitrogen and oxygen atoms in total. The highest BCUT2D eigenvalue weighted by Crippen LogP contribution is 2.24. The molecule has 2 rings (SSSR count). The maximum absolute atomic E-state index is 5.83. The highest BCUT2D eigenvalue weighted by molar-refractivity contribution is 9.10. The molecule has 19 heavy (non-hydrogen) atoms. The Morgan fingerprint density at radius 1 is 1.42 bits per heavy atom. The SMILES string of the molecule is Cc1cc(COc2ccc(Br)c(CC(C)N)c2)no1. The minimum atomic E-state index is 0.116. The summed E-state index contributed by atoms with van der Waals surface area (Å²) in [6.45, 7) is 4.24. The van der Waals surface area contributed by atoms with Gasteiger partial charge in [0.1, 0.15) is 23.8 Å². The Labute approximate surface area is 121 Å². The van der Waals surface area contributed by atoms with Gasteiger partial charge in [-0.1, -0.05) is 21.1 Å². The van der Waals surface area contributed by atoms with Crippen molar-refractivity contribution >= 4 is 15.9 Å². The number of nitrogens with two attached hydrogens (primary N) is 1. The van der Waals surface area contributed by atoms with Crippen LogP contribution in [0.5, 0.6) is 5.75 Å². The van der Waals surface area contributed by atoms with Crippen LogP contribution in [0.2, 0.25) is 0 Å². The summed E-state index contributed by atoms with van der Waals surface area (Å²) in [5.74, 6) is 1.59. The van der Waals surface area contributed by atoms with Gasteiger partial charge in [-0.05, 0) is 44.0 Å².